The molecule has 1 unspecified atom stereocenters. The van der Waals surface area contributed by atoms with Crippen molar-refractivity contribution in [1.82, 2.24) is 15.1 Å². The molecule has 174 valence electrons. The van der Waals surface area contributed by atoms with Crippen LogP contribution in [0.4, 0.5) is 10.5 Å². The van der Waals surface area contributed by atoms with Crippen molar-refractivity contribution in [3.05, 3.63) is 30.3 Å². The molecule has 7 heteroatoms. The van der Waals surface area contributed by atoms with E-state index < -0.39 is 0 Å². The van der Waals surface area contributed by atoms with Gasteiger partial charge in [-0.1, -0.05) is 32.0 Å². The fraction of sp³-hybridized carbons (Fsp3) is 0.640. The molecule has 32 heavy (non-hydrogen) atoms. The number of benzene rings is 1. The maximum atomic E-state index is 13.1. The number of imide groups is 1. The molecule has 1 aliphatic carbocycles. The molecule has 1 saturated carbocycles. The highest BCUT2D eigenvalue weighted by Crippen LogP contribution is 2.32. The van der Waals surface area contributed by atoms with Crippen molar-refractivity contribution in [3.8, 4) is 0 Å². The molecular formula is C25H36N4O3. The lowest BCUT2D eigenvalue weighted by Crippen LogP contribution is -2.57. The molecule has 4 amide bonds. The van der Waals surface area contributed by atoms with E-state index in [4.69, 9.17) is 0 Å². The standard InChI is InChI=1S/C25H36N4O3/c1-18(2)22-16-23(30)29(25(32)26-22)17-19-8-10-20(11-9-19)24(31)28-14-12-27(13-15-28)21-6-4-3-5-7-21/h3-7,18-20,22H,8-17H2,1-2H3,(H,26,32). The smallest absolute Gasteiger partial charge is 0.324 e. The third kappa shape index (κ3) is 5.08. The van der Waals surface area contributed by atoms with Crippen LogP contribution in [0.15, 0.2) is 30.3 Å². The van der Waals surface area contributed by atoms with Crippen LogP contribution in [0.3, 0.4) is 0 Å². The highest BCUT2D eigenvalue weighted by atomic mass is 16.2. The van der Waals surface area contributed by atoms with Crippen molar-refractivity contribution in [2.75, 3.05) is 37.6 Å². The van der Waals surface area contributed by atoms with E-state index in [1.807, 2.05) is 24.8 Å². The summed E-state index contributed by atoms with van der Waals surface area (Å²) in [5.74, 6) is 0.829. The molecule has 2 heterocycles. The van der Waals surface area contributed by atoms with Gasteiger partial charge >= 0.3 is 6.03 Å². The third-order valence-corrected chi connectivity index (χ3v) is 7.40. The summed E-state index contributed by atoms with van der Waals surface area (Å²) < 4.78 is 0. The zero-order valence-corrected chi connectivity index (χ0v) is 19.3. The molecule has 1 aromatic carbocycles. The summed E-state index contributed by atoms with van der Waals surface area (Å²) in [7, 11) is 0. The molecule has 0 bridgehead atoms. The van der Waals surface area contributed by atoms with Crippen LogP contribution < -0.4 is 10.2 Å². The predicted molar refractivity (Wildman–Crippen MR) is 124 cm³/mol. The summed E-state index contributed by atoms with van der Waals surface area (Å²) in [5, 5.41) is 2.97. The minimum atomic E-state index is -0.255. The van der Waals surface area contributed by atoms with Crippen LogP contribution >= 0.6 is 0 Å². The first kappa shape index (κ1) is 22.6. The summed E-state index contributed by atoms with van der Waals surface area (Å²) in [6.07, 6.45) is 3.86. The van der Waals surface area contributed by atoms with Crippen molar-refractivity contribution >= 4 is 23.5 Å². The van der Waals surface area contributed by atoms with Crippen LogP contribution in [0.1, 0.15) is 46.0 Å². The van der Waals surface area contributed by atoms with E-state index in [9.17, 15) is 14.4 Å². The Kier molecular flexibility index (Phi) is 7.01. The SMILES string of the molecule is CC(C)C1CC(=O)N(CC2CCC(C(=O)N3CCN(c4ccccc4)CC3)CC2)C(=O)N1. The molecule has 7 nitrogen and oxygen atoms in total. The number of amides is 4. The minimum Gasteiger partial charge on any atom is -0.368 e. The van der Waals surface area contributed by atoms with Crippen molar-refractivity contribution in [3.63, 3.8) is 0 Å². The van der Waals surface area contributed by atoms with Gasteiger partial charge in [0.15, 0.2) is 0 Å². The van der Waals surface area contributed by atoms with E-state index in [2.05, 4.69) is 34.5 Å². The Morgan fingerprint density at radius 2 is 1.66 bits per heavy atom. The highest BCUT2D eigenvalue weighted by Gasteiger charge is 2.37. The zero-order valence-electron chi connectivity index (χ0n) is 19.3. The number of hydrogen-bond donors (Lipinski definition) is 1. The number of piperazine rings is 1. The van der Waals surface area contributed by atoms with E-state index in [0.29, 0.717) is 18.9 Å². The first-order chi connectivity index (χ1) is 15.4. The van der Waals surface area contributed by atoms with Gasteiger partial charge in [-0.15, -0.1) is 0 Å². The van der Waals surface area contributed by atoms with Gasteiger partial charge in [0.2, 0.25) is 11.8 Å². The van der Waals surface area contributed by atoms with Crippen LogP contribution in [0.25, 0.3) is 0 Å². The molecule has 0 spiro atoms. The van der Waals surface area contributed by atoms with Gasteiger partial charge in [0.25, 0.3) is 0 Å². The van der Waals surface area contributed by atoms with Gasteiger partial charge in [0.05, 0.1) is 0 Å². The van der Waals surface area contributed by atoms with Gasteiger partial charge in [-0.05, 0) is 49.7 Å². The number of carbonyl (C=O) groups is 3. The Bertz CT molecular complexity index is 794. The van der Waals surface area contributed by atoms with Crippen molar-refractivity contribution in [2.45, 2.75) is 52.0 Å². The molecule has 3 fully saturated rings. The average Bonchev–Trinajstić information content (AvgIpc) is 2.82. The maximum Gasteiger partial charge on any atom is 0.324 e. The molecule has 2 saturated heterocycles. The number of hydrogen-bond acceptors (Lipinski definition) is 4. The first-order valence-electron chi connectivity index (χ1n) is 12.1. The molecule has 3 aliphatic rings. The molecule has 0 aromatic heterocycles. The second-order valence-electron chi connectivity index (χ2n) is 9.87. The van der Waals surface area contributed by atoms with Crippen LogP contribution in [0.2, 0.25) is 0 Å². The zero-order chi connectivity index (χ0) is 22.7. The fourth-order valence-corrected chi connectivity index (χ4v) is 5.22. The third-order valence-electron chi connectivity index (χ3n) is 7.40. The fourth-order valence-electron chi connectivity index (χ4n) is 5.22. The topological polar surface area (TPSA) is 73.0 Å². The lowest BCUT2D eigenvalue weighted by Gasteiger charge is -2.39. The number of urea groups is 1. The van der Waals surface area contributed by atoms with Crippen molar-refractivity contribution in [1.29, 1.82) is 0 Å². The molecule has 2 aliphatic heterocycles. The van der Waals surface area contributed by atoms with Crippen LogP contribution in [-0.2, 0) is 9.59 Å². The Hall–Kier alpha value is -2.57. The quantitative estimate of drug-likeness (QED) is 0.764. The second kappa shape index (κ2) is 9.92. The second-order valence-corrected chi connectivity index (χ2v) is 9.87. The molecule has 4 rings (SSSR count). The largest absolute Gasteiger partial charge is 0.368 e. The molecule has 1 atom stereocenters. The summed E-state index contributed by atoms with van der Waals surface area (Å²) in [6.45, 7) is 7.80. The van der Waals surface area contributed by atoms with E-state index in [1.165, 1.54) is 10.6 Å². The number of anilines is 1. The normalized spacial score (nSPS) is 27.0. The number of nitrogens with one attached hydrogen (secondary N) is 1. The van der Waals surface area contributed by atoms with Gasteiger partial charge < -0.3 is 15.1 Å². The summed E-state index contributed by atoms with van der Waals surface area (Å²) in [4.78, 5) is 43.8. The van der Waals surface area contributed by atoms with Crippen LogP contribution in [0.5, 0.6) is 0 Å². The Balaban J connectivity index is 1.22. The van der Waals surface area contributed by atoms with E-state index in [0.717, 1.165) is 51.9 Å². The average molecular weight is 441 g/mol. The highest BCUT2D eigenvalue weighted by molar-refractivity contribution is 5.97. The van der Waals surface area contributed by atoms with Gasteiger partial charge in [-0.25, -0.2) is 4.79 Å². The molecule has 1 N–H and O–H groups in total. The number of nitrogens with zero attached hydrogens (tertiary/aromatic N) is 3. The lowest BCUT2D eigenvalue weighted by molar-refractivity contribution is -0.138. The molecule has 1 aromatic rings. The van der Waals surface area contributed by atoms with Gasteiger partial charge in [0, 0.05) is 56.8 Å². The predicted octanol–water partition coefficient (Wildman–Crippen LogP) is 3.11. The van der Waals surface area contributed by atoms with Crippen LogP contribution in [-0.4, -0.2) is 66.4 Å². The van der Waals surface area contributed by atoms with E-state index >= 15 is 0 Å². The van der Waals surface area contributed by atoms with Gasteiger partial charge in [-0.3, -0.25) is 14.5 Å². The number of carbonyl (C=O) groups excluding carboxylic acids is 3. The van der Waals surface area contributed by atoms with Crippen molar-refractivity contribution < 1.29 is 14.4 Å². The number of para-hydroxylation sites is 1. The summed E-state index contributed by atoms with van der Waals surface area (Å²) >= 11 is 0. The number of rotatable bonds is 5. The van der Waals surface area contributed by atoms with Crippen molar-refractivity contribution in [2.24, 2.45) is 17.8 Å². The Morgan fingerprint density at radius 1 is 1.00 bits per heavy atom. The lowest BCUT2D eigenvalue weighted by atomic mass is 9.81. The Labute approximate surface area is 191 Å². The first-order valence-corrected chi connectivity index (χ1v) is 12.1. The van der Waals surface area contributed by atoms with E-state index in [1.54, 1.807) is 0 Å². The molecule has 0 radical (unpaired) electrons. The summed E-state index contributed by atoms with van der Waals surface area (Å²) in [5.41, 5.74) is 1.22. The molecular weight excluding hydrogens is 404 g/mol. The maximum absolute atomic E-state index is 13.1. The van der Waals surface area contributed by atoms with Crippen LogP contribution in [0, 0.1) is 17.8 Å². The van der Waals surface area contributed by atoms with E-state index in [-0.39, 0.29) is 35.7 Å². The van der Waals surface area contributed by atoms with Gasteiger partial charge in [0.1, 0.15) is 0 Å². The Morgan fingerprint density at radius 3 is 2.25 bits per heavy atom. The monoisotopic (exact) mass is 440 g/mol. The summed E-state index contributed by atoms with van der Waals surface area (Å²) in [6, 6.07) is 10.0. The minimum absolute atomic E-state index is 0.0676. The van der Waals surface area contributed by atoms with Gasteiger partial charge in [-0.2, -0.15) is 0 Å².